The van der Waals surface area contributed by atoms with Gasteiger partial charge in [0.25, 0.3) is 5.91 Å². The molecule has 1 saturated heterocycles. The zero-order valence-corrected chi connectivity index (χ0v) is 12.4. The van der Waals surface area contributed by atoms with Crippen LogP contribution in [0.2, 0.25) is 0 Å². The summed E-state index contributed by atoms with van der Waals surface area (Å²) in [5.41, 5.74) is 0.395. The summed E-state index contributed by atoms with van der Waals surface area (Å²) >= 11 is 3.42. The molecule has 1 aromatic heterocycles. The zero-order valence-electron chi connectivity index (χ0n) is 10.8. The average molecular weight is 301 g/mol. The number of ether oxygens (including phenoxy) is 1. The highest BCUT2D eigenvalue weighted by molar-refractivity contribution is 7.99. The number of thiophene rings is 1. The largest absolute Gasteiger partial charge is 0.394 e. The Morgan fingerprint density at radius 3 is 2.89 bits per heavy atom. The van der Waals surface area contributed by atoms with Crippen molar-refractivity contribution in [1.29, 1.82) is 0 Å². The molecule has 2 rings (SSSR count). The second-order valence-electron chi connectivity index (χ2n) is 4.56. The van der Waals surface area contributed by atoms with E-state index in [0.717, 1.165) is 24.3 Å². The van der Waals surface area contributed by atoms with Gasteiger partial charge in [0.2, 0.25) is 0 Å². The highest BCUT2D eigenvalue weighted by Crippen LogP contribution is 2.30. The first kappa shape index (κ1) is 14.8. The molecule has 1 fully saturated rings. The third-order valence-electron chi connectivity index (χ3n) is 3.26. The monoisotopic (exact) mass is 301 g/mol. The van der Waals surface area contributed by atoms with Crippen molar-refractivity contribution in [2.75, 3.05) is 31.3 Å². The third-order valence-corrected chi connectivity index (χ3v) is 4.93. The Kier molecular flexibility index (Phi) is 5.69. The summed E-state index contributed by atoms with van der Waals surface area (Å²) < 4.78 is 5.81. The molecular weight excluding hydrogens is 282 g/mol. The zero-order chi connectivity index (χ0) is 13.6. The van der Waals surface area contributed by atoms with Gasteiger partial charge in [0, 0.05) is 17.5 Å². The average Bonchev–Trinajstić information content (AvgIpc) is 2.98. The van der Waals surface area contributed by atoms with Gasteiger partial charge in [-0.15, -0.1) is 0 Å². The first-order valence-electron chi connectivity index (χ1n) is 6.39. The topological polar surface area (TPSA) is 58.6 Å². The van der Waals surface area contributed by atoms with E-state index in [1.807, 2.05) is 28.6 Å². The standard InChI is InChI=1S/C13H19NO3S2/c15-4-5-17-13(2-7-18-8-3-13)10-14-12(16)11-1-6-19-9-11/h1,6,9,15H,2-5,7-8,10H2,(H,14,16). The number of hydrogen-bond acceptors (Lipinski definition) is 5. The number of aliphatic hydroxyl groups is 1. The molecule has 6 heteroatoms. The Morgan fingerprint density at radius 2 is 2.26 bits per heavy atom. The summed E-state index contributed by atoms with van der Waals surface area (Å²) in [6, 6.07) is 1.82. The lowest BCUT2D eigenvalue weighted by Crippen LogP contribution is -2.48. The first-order valence-corrected chi connectivity index (χ1v) is 8.48. The van der Waals surface area contributed by atoms with Gasteiger partial charge in [-0.05, 0) is 35.8 Å². The molecule has 1 amide bonds. The molecule has 19 heavy (non-hydrogen) atoms. The lowest BCUT2D eigenvalue weighted by atomic mass is 9.96. The molecule has 1 aliphatic rings. The molecule has 0 bridgehead atoms. The summed E-state index contributed by atoms with van der Waals surface area (Å²) in [5, 5.41) is 15.6. The van der Waals surface area contributed by atoms with Crippen LogP contribution in [0.15, 0.2) is 16.8 Å². The Hall–Kier alpha value is -0.560. The molecule has 2 N–H and O–H groups in total. The third kappa shape index (κ3) is 4.21. The Bertz CT molecular complexity index is 389. The minimum Gasteiger partial charge on any atom is -0.394 e. The van der Waals surface area contributed by atoms with E-state index in [0.29, 0.717) is 18.7 Å². The van der Waals surface area contributed by atoms with Gasteiger partial charge >= 0.3 is 0 Å². The quantitative estimate of drug-likeness (QED) is 0.840. The van der Waals surface area contributed by atoms with Gasteiger partial charge in [-0.3, -0.25) is 4.79 Å². The van der Waals surface area contributed by atoms with Crippen LogP contribution >= 0.6 is 23.1 Å². The van der Waals surface area contributed by atoms with E-state index in [1.165, 1.54) is 11.3 Å². The Labute approximate surface area is 121 Å². The maximum Gasteiger partial charge on any atom is 0.252 e. The van der Waals surface area contributed by atoms with Crippen LogP contribution in [0.25, 0.3) is 0 Å². The van der Waals surface area contributed by atoms with Crippen molar-refractivity contribution < 1.29 is 14.6 Å². The molecule has 1 aromatic rings. The smallest absolute Gasteiger partial charge is 0.252 e. The summed E-state index contributed by atoms with van der Waals surface area (Å²) in [5.74, 6) is 2.03. The Balaban J connectivity index is 1.90. The van der Waals surface area contributed by atoms with Gasteiger partial charge in [-0.1, -0.05) is 0 Å². The lowest BCUT2D eigenvalue weighted by molar-refractivity contribution is -0.0608. The van der Waals surface area contributed by atoms with Gasteiger partial charge < -0.3 is 15.2 Å². The van der Waals surface area contributed by atoms with Gasteiger partial charge in [0.1, 0.15) is 0 Å². The number of aliphatic hydroxyl groups excluding tert-OH is 1. The van der Waals surface area contributed by atoms with Gasteiger partial charge in [0.15, 0.2) is 0 Å². The maximum atomic E-state index is 11.9. The molecule has 4 nitrogen and oxygen atoms in total. The lowest BCUT2D eigenvalue weighted by Gasteiger charge is -2.37. The summed E-state index contributed by atoms with van der Waals surface area (Å²) in [7, 11) is 0. The SMILES string of the molecule is O=C(NCC1(OCCO)CCSCC1)c1ccsc1. The molecule has 0 radical (unpaired) electrons. The number of rotatable bonds is 6. The maximum absolute atomic E-state index is 11.9. The minimum atomic E-state index is -0.306. The van der Waals surface area contributed by atoms with Crippen molar-refractivity contribution in [1.82, 2.24) is 5.32 Å². The van der Waals surface area contributed by atoms with E-state index in [2.05, 4.69) is 5.32 Å². The Morgan fingerprint density at radius 1 is 1.47 bits per heavy atom. The summed E-state index contributed by atoms with van der Waals surface area (Å²) in [6.07, 6.45) is 1.84. The van der Waals surface area contributed by atoms with Gasteiger partial charge in [0.05, 0.1) is 18.8 Å². The van der Waals surface area contributed by atoms with Crippen LogP contribution in [-0.2, 0) is 4.74 Å². The van der Waals surface area contributed by atoms with Crippen molar-refractivity contribution in [2.24, 2.45) is 0 Å². The molecule has 0 atom stereocenters. The summed E-state index contributed by atoms with van der Waals surface area (Å²) in [6.45, 7) is 0.870. The van der Waals surface area contributed by atoms with Crippen molar-refractivity contribution >= 4 is 29.0 Å². The number of nitrogens with one attached hydrogen (secondary N) is 1. The van der Waals surface area contributed by atoms with Crippen LogP contribution in [-0.4, -0.2) is 47.9 Å². The van der Waals surface area contributed by atoms with Crippen molar-refractivity contribution in [3.8, 4) is 0 Å². The van der Waals surface area contributed by atoms with Crippen LogP contribution < -0.4 is 5.32 Å². The highest BCUT2D eigenvalue weighted by atomic mass is 32.2. The fraction of sp³-hybridized carbons (Fsp3) is 0.615. The summed E-state index contributed by atoms with van der Waals surface area (Å²) in [4.78, 5) is 11.9. The second kappa shape index (κ2) is 7.28. The molecule has 106 valence electrons. The molecule has 0 aliphatic carbocycles. The van der Waals surface area contributed by atoms with Crippen LogP contribution in [0.1, 0.15) is 23.2 Å². The van der Waals surface area contributed by atoms with E-state index in [1.54, 1.807) is 0 Å². The minimum absolute atomic E-state index is 0.0212. The van der Waals surface area contributed by atoms with E-state index < -0.39 is 0 Å². The molecule has 0 unspecified atom stereocenters. The van der Waals surface area contributed by atoms with Gasteiger partial charge in [-0.25, -0.2) is 0 Å². The fourth-order valence-corrected chi connectivity index (χ4v) is 3.99. The predicted molar refractivity (Wildman–Crippen MR) is 79.0 cm³/mol. The van der Waals surface area contributed by atoms with Crippen LogP contribution in [0.5, 0.6) is 0 Å². The van der Waals surface area contributed by atoms with E-state index >= 15 is 0 Å². The van der Waals surface area contributed by atoms with Crippen LogP contribution in [0.3, 0.4) is 0 Å². The van der Waals surface area contributed by atoms with Crippen molar-refractivity contribution in [3.05, 3.63) is 22.4 Å². The van der Waals surface area contributed by atoms with Crippen LogP contribution in [0.4, 0.5) is 0 Å². The van der Waals surface area contributed by atoms with Crippen molar-refractivity contribution in [3.63, 3.8) is 0 Å². The normalized spacial score (nSPS) is 18.2. The number of amides is 1. The predicted octanol–water partition coefficient (Wildman–Crippen LogP) is 1.75. The number of carbonyl (C=O) groups excluding carboxylic acids is 1. The second-order valence-corrected chi connectivity index (χ2v) is 6.57. The molecule has 2 heterocycles. The van der Waals surface area contributed by atoms with E-state index in [9.17, 15) is 4.79 Å². The molecular formula is C13H19NO3S2. The van der Waals surface area contributed by atoms with Crippen molar-refractivity contribution in [2.45, 2.75) is 18.4 Å². The van der Waals surface area contributed by atoms with E-state index in [-0.39, 0.29) is 18.1 Å². The number of hydrogen-bond donors (Lipinski definition) is 2. The fourth-order valence-electron chi connectivity index (χ4n) is 2.11. The molecule has 0 saturated carbocycles. The molecule has 1 aliphatic heterocycles. The number of carbonyl (C=O) groups is 1. The van der Waals surface area contributed by atoms with Gasteiger partial charge in [-0.2, -0.15) is 23.1 Å². The first-order chi connectivity index (χ1) is 9.26. The molecule has 0 aromatic carbocycles. The number of thioether (sulfide) groups is 1. The molecule has 0 spiro atoms. The van der Waals surface area contributed by atoms with E-state index in [4.69, 9.17) is 9.84 Å². The van der Waals surface area contributed by atoms with Crippen LogP contribution in [0, 0.1) is 0 Å². The highest BCUT2D eigenvalue weighted by Gasteiger charge is 2.33.